The molecule has 0 atom stereocenters. The first-order valence-corrected chi connectivity index (χ1v) is 13.4. The fourth-order valence-electron chi connectivity index (χ4n) is 4.37. The predicted octanol–water partition coefficient (Wildman–Crippen LogP) is -0.479. The molecule has 3 aromatic rings. The first-order chi connectivity index (χ1) is 15.1. The molecule has 0 bridgehead atoms. The molecular formula is C21H25N4NaO5S2. The SMILES string of the molecule is Cc1ccc(S(=O)(=O)n2ccc3c(N(C)C4CCC(CS(=O)(=O)[O-])CC4)ncnc32)cc1.[Na+]. The standard InChI is InChI=1S/C21H26N4O5S2.Na/c1-15-3-9-18(10-4-15)32(29,30)25-12-11-19-20(22-14-23-21(19)25)24(2)17-7-5-16(6-8-17)13-31(26,27)28;/h3-4,9-12,14,16-17H,5-8,13H2,1-2H3,(H,26,27,28);/q;+1/p-1. The molecule has 2 aromatic heterocycles. The summed E-state index contributed by atoms with van der Waals surface area (Å²) in [5.41, 5.74) is 1.27. The van der Waals surface area contributed by atoms with Crippen molar-refractivity contribution in [2.45, 2.75) is 43.5 Å². The smallest absolute Gasteiger partial charge is 0.748 e. The van der Waals surface area contributed by atoms with Gasteiger partial charge in [-0.2, -0.15) is 0 Å². The summed E-state index contributed by atoms with van der Waals surface area (Å²) in [6.45, 7) is 1.89. The molecule has 1 saturated carbocycles. The van der Waals surface area contributed by atoms with E-state index in [0.717, 1.165) is 18.4 Å². The quantitative estimate of drug-likeness (QED) is 0.328. The normalized spacial score (nSPS) is 19.2. The molecule has 0 amide bonds. The fourth-order valence-corrected chi connectivity index (χ4v) is 6.59. The zero-order valence-electron chi connectivity index (χ0n) is 18.9. The average Bonchev–Trinajstić information content (AvgIpc) is 3.18. The molecule has 9 nitrogen and oxygen atoms in total. The summed E-state index contributed by atoms with van der Waals surface area (Å²) >= 11 is 0. The van der Waals surface area contributed by atoms with Crippen LogP contribution in [-0.4, -0.2) is 54.2 Å². The third-order valence-electron chi connectivity index (χ3n) is 6.14. The van der Waals surface area contributed by atoms with Crippen LogP contribution in [0.2, 0.25) is 0 Å². The van der Waals surface area contributed by atoms with Gasteiger partial charge in [0.15, 0.2) is 5.65 Å². The predicted molar refractivity (Wildman–Crippen MR) is 120 cm³/mol. The van der Waals surface area contributed by atoms with Crippen molar-refractivity contribution in [3.63, 3.8) is 0 Å². The number of aryl methyl sites for hydroxylation is 1. The molecule has 0 unspecified atom stereocenters. The van der Waals surface area contributed by atoms with Gasteiger partial charge < -0.3 is 9.45 Å². The summed E-state index contributed by atoms with van der Waals surface area (Å²) in [5.74, 6) is 0.182. The van der Waals surface area contributed by atoms with E-state index in [0.29, 0.717) is 29.7 Å². The molecule has 0 saturated heterocycles. The van der Waals surface area contributed by atoms with Crippen molar-refractivity contribution in [3.05, 3.63) is 48.4 Å². The van der Waals surface area contributed by atoms with Crippen molar-refractivity contribution in [3.8, 4) is 0 Å². The second-order valence-corrected chi connectivity index (χ2v) is 11.6. The molecule has 172 valence electrons. The third kappa shape index (κ3) is 5.60. The van der Waals surface area contributed by atoms with E-state index in [1.54, 1.807) is 30.3 Å². The zero-order chi connectivity index (χ0) is 23.1. The molecule has 33 heavy (non-hydrogen) atoms. The molecule has 1 fully saturated rings. The summed E-state index contributed by atoms with van der Waals surface area (Å²) in [6, 6.07) is 8.46. The van der Waals surface area contributed by atoms with Gasteiger partial charge in [0, 0.05) is 25.0 Å². The molecule has 12 heteroatoms. The molecule has 1 aromatic carbocycles. The van der Waals surface area contributed by atoms with Gasteiger partial charge in [-0.1, -0.05) is 17.7 Å². The van der Waals surface area contributed by atoms with Crippen LogP contribution in [0.25, 0.3) is 11.0 Å². The van der Waals surface area contributed by atoms with E-state index in [1.165, 1.54) is 16.5 Å². The zero-order valence-corrected chi connectivity index (χ0v) is 22.5. The second-order valence-electron chi connectivity index (χ2n) is 8.37. The van der Waals surface area contributed by atoms with E-state index in [9.17, 15) is 21.4 Å². The van der Waals surface area contributed by atoms with E-state index in [4.69, 9.17) is 0 Å². The van der Waals surface area contributed by atoms with E-state index in [1.807, 2.05) is 18.9 Å². The fraction of sp³-hybridized carbons (Fsp3) is 0.429. The van der Waals surface area contributed by atoms with E-state index >= 15 is 0 Å². The number of nitrogens with zero attached hydrogens (tertiary/aromatic N) is 4. The van der Waals surface area contributed by atoms with Crippen molar-refractivity contribution < 1.29 is 50.9 Å². The van der Waals surface area contributed by atoms with Gasteiger partial charge in [0.2, 0.25) is 0 Å². The van der Waals surface area contributed by atoms with Gasteiger partial charge in [-0.25, -0.2) is 30.8 Å². The van der Waals surface area contributed by atoms with Crippen molar-refractivity contribution in [1.82, 2.24) is 13.9 Å². The number of hydrogen-bond donors (Lipinski definition) is 0. The Morgan fingerprint density at radius 2 is 1.67 bits per heavy atom. The summed E-state index contributed by atoms with van der Waals surface area (Å²) in [6.07, 6.45) is 5.59. The van der Waals surface area contributed by atoms with Gasteiger partial charge >= 0.3 is 29.6 Å². The van der Waals surface area contributed by atoms with E-state index in [-0.39, 0.29) is 52.2 Å². The number of aromatic nitrogens is 3. The summed E-state index contributed by atoms with van der Waals surface area (Å²) in [5, 5.41) is 0.620. The van der Waals surface area contributed by atoms with Crippen LogP contribution in [0.5, 0.6) is 0 Å². The van der Waals surface area contributed by atoms with E-state index < -0.39 is 20.1 Å². The summed E-state index contributed by atoms with van der Waals surface area (Å²) in [4.78, 5) is 10.8. The monoisotopic (exact) mass is 500 g/mol. The van der Waals surface area contributed by atoms with Crippen LogP contribution in [-0.2, 0) is 20.1 Å². The second kappa shape index (κ2) is 10.0. The Morgan fingerprint density at radius 3 is 2.27 bits per heavy atom. The Kier molecular flexibility index (Phi) is 7.92. The van der Waals surface area contributed by atoms with Crippen molar-refractivity contribution in [1.29, 1.82) is 0 Å². The number of anilines is 1. The van der Waals surface area contributed by atoms with Crippen molar-refractivity contribution >= 4 is 37.0 Å². The maximum absolute atomic E-state index is 13.2. The van der Waals surface area contributed by atoms with Gasteiger partial charge in [-0.3, -0.25) is 0 Å². The minimum absolute atomic E-state index is 0. The Labute approximate surface area is 216 Å². The molecule has 1 aliphatic carbocycles. The third-order valence-corrected chi connectivity index (χ3v) is 8.70. The Bertz CT molecular complexity index is 1330. The maximum Gasteiger partial charge on any atom is 1.00 e. The molecule has 2 heterocycles. The van der Waals surface area contributed by atoms with Gasteiger partial charge in [0.25, 0.3) is 10.0 Å². The molecule has 0 aliphatic heterocycles. The minimum Gasteiger partial charge on any atom is -0.748 e. The minimum atomic E-state index is -4.22. The van der Waals surface area contributed by atoms with Crippen LogP contribution in [0.4, 0.5) is 5.82 Å². The molecule has 4 rings (SSSR count). The Hall–Kier alpha value is -1.50. The molecule has 0 N–H and O–H groups in total. The maximum atomic E-state index is 13.2. The van der Waals surface area contributed by atoms with Gasteiger partial charge in [0.1, 0.15) is 12.1 Å². The van der Waals surface area contributed by atoms with Crippen LogP contribution in [0.1, 0.15) is 31.2 Å². The van der Waals surface area contributed by atoms with Crippen LogP contribution in [0.15, 0.2) is 47.8 Å². The van der Waals surface area contributed by atoms with Crippen LogP contribution < -0.4 is 34.5 Å². The topological polar surface area (TPSA) is 125 Å². The summed E-state index contributed by atoms with van der Waals surface area (Å²) in [7, 11) is -6.14. The number of rotatable bonds is 6. The van der Waals surface area contributed by atoms with Crippen molar-refractivity contribution in [2.75, 3.05) is 17.7 Å². The van der Waals surface area contributed by atoms with Crippen LogP contribution in [0, 0.1) is 12.8 Å². The Morgan fingerprint density at radius 1 is 1.03 bits per heavy atom. The van der Waals surface area contributed by atoms with Gasteiger partial charge in [-0.15, -0.1) is 0 Å². The largest absolute Gasteiger partial charge is 1.00 e. The number of benzene rings is 1. The molecular weight excluding hydrogens is 475 g/mol. The number of hydrogen-bond acceptors (Lipinski definition) is 8. The molecule has 1 aliphatic rings. The van der Waals surface area contributed by atoms with Crippen LogP contribution >= 0.6 is 0 Å². The van der Waals surface area contributed by atoms with Crippen molar-refractivity contribution in [2.24, 2.45) is 5.92 Å². The van der Waals surface area contributed by atoms with Gasteiger partial charge in [0.05, 0.1) is 20.4 Å². The van der Waals surface area contributed by atoms with Gasteiger partial charge in [-0.05, 0) is 56.7 Å². The number of fused-ring (bicyclic) bond motifs is 1. The average molecular weight is 501 g/mol. The first kappa shape index (κ1) is 26.1. The van der Waals surface area contributed by atoms with E-state index in [2.05, 4.69) is 9.97 Å². The molecule has 0 spiro atoms. The Balaban J connectivity index is 0.00000306. The summed E-state index contributed by atoms with van der Waals surface area (Å²) < 4.78 is 60.7. The van der Waals surface area contributed by atoms with Crippen LogP contribution in [0.3, 0.4) is 0 Å². The first-order valence-electron chi connectivity index (χ1n) is 10.4. The molecule has 0 radical (unpaired) electrons.